The number of alkyl halides is 2. The summed E-state index contributed by atoms with van der Waals surface area (Å²) >= 11 is 0. The second-order valence-corrected chi connectivity index (χ2v) is 5.68. The van der Waals surface area contributed by atoms with Crippen molar-refractivity contribution >= 4 is 5.69 Å². The van der Waals surface area contributed by atoms with Crippen molar-refractivity contribution in [1.82, 2.24) is 9.97 Å². The Morgan fingerprint density at radius 2 is 2.12 bits per heavy atom. The molecule has 0 radical (unpaired) electrons. The molecular formula is C17H18F3N5O. The number of aromatic nitrogens is 2. The molecule has 0 atom stereocenters. The van der Waals surface area contributed by atoms with Crippen molar-refractivity contribution in [3.05, 3.63) is 58.9 Å². The van der Waals surface area contributed by atoms with Gasteiger partial charge in [-0.1, -0.05) is 0 Å². The fourth-order valence-electron chi connectivity index (χ4n) is 1.94. The minimum absolute atomic E-state index is 0.100. The number of nitrogens with zero attached hydrogens (tertiary/aromatic N) is 3. The number of nitrogens with one attached hydrogen (secondary N) is 2. The second kappa shape index (κ2) is 7.94. The summed E-state index contributed by atoms with van der Waals surface area (Å²) in [5, 5.41) is 5.99. The maximum Gasteiger partial charge on any atom is 0.316 e. The Morgan fingerprint density at radius 3 is 2.73 bits per heavy atom. The lowest BCUT2D eigenvalue weighted by Crippen LogP contribution is -2.10. The van der Waals surface area contributed by atoms with Gasteiger partial charge >= 0.3 is 6.01 Å². The van der Waals surface area contributed by atoms with Gasteiger partial charge < -0.3 is 10.1 Å². The molecule has 0 fully saturated rings. The van der Waals surface area contributed by atoms with Crippen LogP contribution in [0.2, 0.25) is 0 Å². The van der Waals surface area contributed by atoms with Crippen LogP contribution in [0.15, 0.2) is 41.4 Å². The Balaban J connectivity index is 2.07. The largest absolute Gasteiger partial charge is 0.457 e. The van der Waals surface area contributed by atoms with Crippen LogP contribution in [0.1, 0.15) is 23.7 Å². The van der Waals surface area contributed by atoms with Crippen LogP contribution < -0.4 is 10.1 Å². The maximum absolute atomic E-state index is 13.5. The predicted molar refractivity (Wildman–Crippen MR) is 89.8 cm³/mol. The van der Waals surface area contributed by atoms with Crippen LogP contribution in [0.5, 0.6) is 6.01 Å². The molecule has 1 heterocycles. The number of anilines is 1. The molecule has 0 spiro atoms. The number of aryl methyl sites for hydroxylation is 2. The van der Waals surface area contributed by atoms with Gasteiger partial charge in [0, 0.05) is 30.7 Å². The summed E-state index contributed by atoms with van der Waals surface area (Å²) in [6.07, 6.45) is 2.92. The van der Waals surface area contributed by atoms with E-state index in [-0.39, 0.29) is 24.0 Å². The first-order chi connectivity index (χ1) is 12.2. The van der Waals surface area contributed by atoms with Crippen LogP contribution in [-0.4, -0.2) is 16.6 Å². The lowest BCUT2D eigenvalue weighted by atomic mass is 10.1. The third-order valence-electron chi connectivity index (χ3n) is 3.54. The Morgan fingerprint density at radius 1 is 1.38 bits per heavy atom. The van der Waals surface area contributed by atoms with Gasteiger partial charge in [0.15, 0.2) is 0 Å². The van der Waals surface area contributed by atoms with E-state index in [4.69, 9.17) is 10.3 Å². The molecule has 0 aliphatic rings. The number of halogens is 3. The molecule has 0 saturated heterocycles. The zero-order valence-corrected chi connectivity index (χ0v) is 14.5. The lowest BCUT2D eigenvalue weighted by molar-refractivity contribution is 0.0138. The summed E-state index contributed by atoms with van der Waals surface area (Å²) < 4.78 is 45.6. The van der Waals surface area contributed by atoms with Crippen LogP contribution >= 0.6 is 0 Å². The summed E-state index contributed by atoms with van der Waals surface area (Å²) in [5.74, 6) is -4.30. The third-order valence-corrected chi connectivity index (χ3v) is 3.54. The molecule has 0 saturated carbocycles. The van der Waals surface area contributed by atoms with E-state index in [1.54, 1.807) is 6.20 Å². The first-order valence-electron chi connectivity index (χ1n) is 7.64. The zero-order chi connectivity index (χ0) is 19.3. The first-order valence-corrected chi connectivity index (χ1v) is 7.64. The molecule has 0 bridgehead atoms. The number of ether oxygens (including phenoxy) is 1. The number of benzene rings is 1. The van der Waals surface area contributed by atoms with E-state index >= 15 is 0 Å². The molecule has 26 heavy (non-hydrogen) atoms. The smallest absolute Gasteiger partial charge is 0.316 e. The summed E-state index contributed by atoms with van der Waals surface area (Å²) in [6.45, 7) is 4.20. The van der Waals surface area contributed by atoms with Gasteiger partial charge in [-0.15, -0.1) is 0 Å². The fourth-order valence-corrected chi connectivity index (χ4v) is 1.94. The molecule has 0 amide bonds. The molecule has 9 heteroatoms. The van der Waals surface area contributed by atoms with Gasteiger partial charge in [0.1, 0.15) is 18.1 Å². The highest BCUT2D eigenvalue weighted by Crippen LogP contribution is 2.31. The van der Waals surface area contributed by atoms with Gasteiger partial charge in [0.05, 0.1) is 5.56 Å². The number of rotatable bonds is 7. The van der Waals surface area contributed by atoms with Crippen molar-refractivity contribution < 1.29 is 17.9 Å². The lowest BCUT2D eigenvalue weighted by Gasteiger charge is -2.13. The van der Waals surface area contributed by atoms with Crippen LogP contribution in [-0.2, 0) is 5.92 Å². The molecule has 1 aromatic carbocycles. The Bertz CT molecular complexity index is 834. The molecule has 1 aromatic heterocycles. The van der Waals surface area contributed by atoms with Gasteiger partial charge in [-0.05, 0) is 37.6 Å². The van der Waals surface area contributed by atoms with Crippen molar-refractivity contribution in [3.63, 3.8) is 0 Å². The summed E-state index contributed by atoms with van der Waals surface area (Å²) in [4.78, 5) is 8.14. The van der Waals surface area contributed by atoms with Crippen LogP contribution in [0, 0.1) is 25.2 Å². The van der Waals surface area contributed by atoms with Crippen molar-refractivity contribution in [1.29, 1.82) is 5.53 Å². The van der Waals surface area contributed by atoms with Crippen molar-refractivity contribution in [2.45, 2.75) is 26.7 Å². The molecular weight excluding hydrogens is 347 g/mol. The molecule has 0 unspecified atom stereocenters. The van der Waals surface area contributed by atoms with E-state index < -0.39 is 17.3 Å². The molecule has 138 valence electrons. The average molecular weight is 365 g/mol. The number of hydrogen-bond acceptors (Lipinski definition) is 6. The van der Waals surface area contributed by atoms with Gasteiger partial charge in [-0.3, -0.25) is 0 Å². The van der Waals surface area contributed by atoms with E-state index in [2.05, 4.69) is 20.4 Å². The standard InChI is InChI=1S/C17H18F3N5O/c1-10-7-23-16(24-11(10)2)26-9-13(25-21)8-22-12-4-5-15(18)14(6-12)17(3,19)20/h4-8,21-22H,9H2,1-3H3/b13-8-,25-21?. The van der Waals surface area contributed by atoms with E-state index in [0.29, 0.717) is 6.92 Å². The monoisotopic (exact) mass is 365 g/mol. The Labute approximate surface area is 148 Å². The molecule has 0 aliphatic carbocycles. The highest BCUT2D eigenvalue weighted by Gasteiger charge is 2.28. The zero-order valence-electron chi connectivity index (χ0n) is 14.5. The van der Waals surface area contributed by atoms with E-state index in [9.17, 15) is 13.2 Å². The first kappa shape index (κ1) is 19.4. The van der Waals surface area contributed by atoms with Crippen molar-refractivity contribution in [2.75, 3.05) is 11.9 Å². The Kier molecular flexibility index (Phi) is 5.91. The van der Waals surface area contributed by atoms with E-state index in [0.717, 1.165) is 23.4 Å². The van der Waals surface area contributed by atoms with Crippen LogP contribution in [0.25, 0.3) is 0 Å². The number of hydrogen-bond donors (Lipinski definition) is 2. The minimum Gasteiger partial charge on any atom is -0.457 e. The summed E-state index contributed by atoms with van der Waals surface area (Å²) in [7, 11) is 0. The van der Waals surface area contributed by atoms with Gasteiger partial charge in [0.25, 0.3) is 5.92 Å². The van der Waals surface area contributed by atoms with Crippen molar-refractivity contribution in [3.8, 4) is 6.01 Å². The topological polar surface area (TPSA) is 83.2 Å². The molecule has 6 nitrogen and oxygen atoms in total. The van der Waals surface area contributed by atoms with Crippen molar-refractivity contribution in [2.24, 2.45) is 5.11 Å². The highest BCUT2D eigenvalue weighted by molar-refractivity contribution is 5.49. The minimum atomic E-state index is -3.31. The average Bonchev–Trinajstić information content (AvgIpc) is 2.58. The maximum atomic E-state index is 13.5. The second-order valence-electron chi connectivity index (χ2n) is 5.68. The SMILES string of the molecule is Cc1cnc(OC/C(=C/Nc2ccc(F)c(C(C)(F)F)c2)N=N)nc1C. The van der Waals surface area contributed by atoms with E-state index in [1.807, 2.05) is 13.8 Å². The normalized spacial score (nSPS) is 12.0. The summed E-state index contributed by atoms with van der Waals surface area (Å²) in [6, 6.07) is 3.38. The quantitative estimate of drug-likeness (QED) is 0.696. The summed E-state index contributed by atoms with van der Waals surface area (Å²) in [5.41, 5.74) is 8.51. The molecule has 2 aromatic rings. The fraction of sp³-hybridized carbons (Fsp3) is 0.294. The van der Waals surface area contributed by atoms with Gasteiger partial charge in [-0.2, -0.15) is 5.11 Å². The Hall–Kier alpha value is -2.97. The molecule has 0 aliphatic heterocycles. The van der Waals surface area contributed by atoms with Crippen LogP contribution in [0.4, 0.5) is 18.9 Å². The highest BCUT2D eigenvalue weighted by atomic mass is 19.3. The molecule has 2 N–H and O–H groups in total. The van der Waals surface area contributed by atoms with Crippen LogP contribution in [0.3, 0.4) is 0 Å². The van der Waals surface area contributed by atoms with Gasteiger partial charge in [-0.25, -0.2) is 28.7 Å². The predicted octanol–water partition coefficient (Wildman–Crippen LogP) is 4.71. The molecule has 2 rings (SSSR count). The van der Waals surface area contributed by atoms with E-state index in [1.165, 1.54) is 12.3 Å². The third kappa shape index (κ3) is 5.01. The van der Waals surface area contributed by atoms with Gasteiger partial charge in [0.2, 0.25) is 0 Å².